The lowest BCUT2D eigenvalue weighted by molar-refractivity contribution is 0.00692. The number of carboxylic acid groups (broad SMARTS) is 1. The van der Waals surface area contributed by atoms with Gasteiger partial charge in [0, 0.05) is 5.56 Å². The van der Waals surface area contributed by atoms with E-state index in [2.05, 4.69) is 6.92 Å². The molecule has 5 nitrogen and oxygen atoms in total. The predicted octanol–water partition coefficient (Wildman–Crippen LogP) is 6.15. The molecule has 166 valence electrons. The molecule has 5 heteroatoms. The summed E-state index contributed by atoms with van der Waals surface area (Å²) in [5, 5.41) is 9.44. The Balaban J connectivity index is 1.83. The molecule has 0 aliphatic heterocycles. The SMILES string of the molecule is CCc1ccccc1-c1cc(C(=O)O)ccc1OCc1ccc(C(=O)OC(C)(C)C)cc1. The molecule has 0 aromatic heterocycles. The normalized spacial score (nSPS) is 11.1. The Hall–Kier alpha value is -3.60. The van der Waals surface area contributed by atoms with Crippen LogP contribution in [-0.2, 0) is 17.8 Å². The highest BCUT2D eigenvalue weighted by molar-refractivity contribution is 5.91. The third-order valence-electron chi connectivity index (χ3n) is 4.90. The first-order valence-corrected chi connectivity index (χ1v) is 10.6. The lowest BCUT2D eigenvalue weighted by atomic mass is 9.96. The highest BCUT2D eigenvalue weighted by atomic mass is 16.6. The maximum absolute atomic E-state index is 12.2. The zero-order valence-electron chi connectivity index (χ0n) is 18.8. The minimum Gasteiger partial charge on any atom is -0.488 e. The first-order chi connectivity index (χ1) is 15.2. The van der Waals surface area contributed by atoms with Crippen LogP contribution in [0.15, 0.2) is 66.7 Å². The number of carbonyl (C=O) groups excluding carboxylic acids is 1. The topological polar surface area (TPSA) is 72.8 Å². The average Bonchev–Trinajstić information content (AvgIpc) is 2.76. The third-order valence-corrected chi connectivity index (χ3v) is 4.90. The van der Waals surface area contributed by atoms with Gasteiger partial charge in [0.05, 0.1) is 11.1 Å². The number of hydrogen-bond donors (Lipinski definition) is 1. The molecule has 0 unspecified atom stereocenters. The van der Waals surface area contributed by atoms with Crippen molar-refractivity contribution >= 4 is 11.9 Å². The van der Waals surface area contributed by atoms with Gasteiger partial charge >= 0.3 is 11.9 Å². The van der Waals surface area contributed by atoms with Crippen LogP contribution in [0.4, 0.5) is 0 Å². The van der Waals surface area contributed by atoms with E-state index in [1.807, 2.05) is 57.2 Å². The van der Waals surface area contributed by atoms with Crippen molar-refractivity contribution in [3.05, 3.63) is 89.0 Å². The number of esters is 1. The minimum absolute atomic E-state index is 0.208. The molecule has 0 saturated heterocycles. The quantitative estimate of drug-likeness (QED) is 0.454. The van der Waals surface area contributed by atoms with Crippen molar-refractivity contribution in [2.24, 2.45) is 0 Å². The maximum Gasteiger partial charge on any atom is 0.338 e. The Morgan fingerprint density at radius 2 is 1.53 bits per heavy atom. The van der Waals surface area contributed by atoms with Gasteiger partial charge in [-0.3, -0.25) is 0 Å². The van der Waals surface area contributed by atoms with Gasteiger partial charge in [0.1, 0.15) is 18.0 Å². The van der Waals surface area contributed by atoms with Crippen molar-refractivity contribution < 1.29 is 24.2 Å². The zero-order valence-corrected chi connectivity index (χ0v) is 18.8. The molecule has 3 aromatic rings. The van der Waals surface area contributed by atoms with E-state index in [1.54, 1.807) is 30.3 Å². The van der Waals surface area contributed by atoms with Crippen molar-refractivity contribution in [3.63, 3.8) is 0 Å². The monoisotopic (exact) mass is 432 g/mol. The van der Waals surface area contributed by atoms with E-state index in [0.717, 1.165) is 28.7 Å². The van der Waals surface area contributed by atoms with E-state index in [1.165, 1.54) is 0 Å². The van der Waals surface area contributed by atoms with Crippen molar-refractivity contribution in [2.45, 2.75) is 46.3 Å². The summed E-state index contributed by atoms with van der Waals surface area (Å²) < 4.78 is 11.5. The number of ether oxygens (including phenoxy) is 2. The van der Waals surface area contributed by atoms with Gasteiger partial charge in [0.25, 0.3) is 0 Å². The van der Waals surface area contributed by atoms with E-state index in [4.69, 9.17) is 9.47 Å². The molecule has 0 saturated carbocycles. The lowest BCUT2D eigenvalue weighted by Gasteiger charge is -2.19. The highest BCUT2D eigenvalue weighted by Crippen LogP contribution is 2.34. The molecule has 0 fully saturated rings. The smallest absolute Gasteiger partial charge is 0.338 e. The van der Waals surface area contributed by atoms with Gasteiger partial charge in [-0.05, 0) is 74.2 Å². The van der Waals surface area contributed by atoms with E-state index in [0.29, 0.717) is 11.3 Å². The molecule has 3 aromatic carbocycles. The molecule has 0 atom stereocenters. The summed E-state index contributed by atoms with van der Waals surface area (Å²) in [5.74, 6) is -0.746. The number of hydrogen-bond acceptors (Lipinski definition) is 4. The third kappa shape index (κ3) is 5.76. The van der Waals surface area contributed by atoms with Crippen LogP contribution in [-0.4, -0.2) is 22.6 Å². The Bertz CT molecular complexity index is 1110. The zero-order chi connectivity index (χ0) is 23.3. The predicted molar refractivity (Wildman–Crippen MR) is 124 cm³/mol. The molecule has 32 heavy (non-hydrogen) atoms. The fourth-order valence-electron chi connectivity index (χ4n) is 3.33. The average molecular weight is 433 g/mol. The Morgan fingerprint density at radius 1 is 0.875 bits per heavy atom. The van der Waals surface area contributed by atoms with Gasteiger partial charge in [-0.2, -0.15) is 0 Å². The second kappa shape index (κ2) is 9.69. The minimum atomic E-state index is -0.982. The molecule has 3 rings (SSSR count). The fourth-order valence-corrected chi connectivity index (χ4v) is 3.33. The molecule has 0 aliphatic rings. The Kier molecular flexibility index (Phi) is 6.98. The summed E-state index contributed by atoms with van der Waals surface area (Å²) >= 11 is 0. The molecule has 0 spiro atoms. The lowest BCUT2D eigenvalue weighted by Crippen LogP contribution is -2.23. The van der Waals surface area contributed by atoms with Crippen LogP contribution in [0.1, 0.15) is 59.5 Å². The first-order valence-electron chi connectivity index (χ1n) is 10.6. The van der Waals surface area contributed by atoms with Crippen LogP contribution in [0.2, 0.25) is 0 Å². The number of carbonyl (C=O) groups is 2. The Labute approximate surface area is 188 Å². The van der Waals surface area contributed by atoms with E-state index < -0.39 is 11.6 Å². The van der Waals surface area contributed by atoms with Crippen molar-refractivity contribution in [2.75, 3.05) is 0 Å². The number of benzene rings is 3. The molecule has 0 bridgehead atoms. The van der Waals surface area contributed by atoms with E-state index in [-0.39, 0.29) is 18.1 Å². The summed E-state index contributed by atoms with van der Waals surface area (Å²) in [6, 6.07) is 19.9. The largest absolute Gasteiger partial charge is 0.488 e. The molecule has 1 N–H and O–H groups in total. The van der Waals surface area contributed by atoms with Gasteiger partial charge in [0.2, 0.25) is 0 Å². The number of carboxylic acids is 1. The first kappa shape index (κ1) is 23.1. The van der Waals surface area contributed by atoms with Gasteiger partial charge in [-0.15, -0.1) is 0 Å². The molecule has 0 aliphatic carbocycles. The summed E-state index contributed by atoms with van der Waals surface area (Å²) in [6.45, 7) is 7.83. The molecule has 0 heterocycles. The molecular formula is C27H28O5. The number of aryl methyl sites for hydroxylation is 1. The summed E-state index contributed by atoms with van der Waals surface area (Å²) in [7, 11) is 0. The maximum atomic E-state index is 12.2. The second-order valence-corrected chi connectivity index (χ2v) is 8.51. The van der Waals surface area contributed by atoms with Crippen LogP contribution in [0.5, 0.6) is 5.75 Å². The van der Waals surface area contributed by atoms with Crippen LogP contribution >= 0.6 is 0 Å². The molecule has 0 radical (unpaired) electrons. The Morgan fingerprint density at radius 3 is 2.16 bits per heavy atom. The van der Waals surface area contributed by atoms with Crippen LogP contribution < -0.4 is 4.74 Å². The van der Waals surface area contributed by atoms with Gasteiger partial charge < -0.3 is 14.6 Å². The fraction of sp³-hybridized carbons (Fsp3) is 0.259. The van der Waals surface area contributed by atoms with Crippen LogP contribution in [0.25, 0.3) is 11.1 Å². The van der Waals surface area contributed by atoms with Crippen LogP contribution in [0, 0.1) is 0 Å². The van der Waals surface area contributed by atoms with Gasteiger partial charge in [-0.1, -0.05) is 43.3 Å². The second-order valence-electron chi connectivity index (χ2n) is 8.51. The van der Waals surface area contributed by atoms with E-state index >= 15 is 0 Å². The molecule has 0 amide bonds. The number of rotatable bonds is 7. The highest BCUT2D eigenvalue weighted by Gasteiger charge is 2.18. The van der Waals surface area contributed by atoms with E-state index in [9.17, 15) is 14.7 Å². The standard InChI is InChI=1S/C27H28O5/c1-5-19-8-6-7-9-22(19)23-16-21(25(28)29)14-15-24(23)31-17-18-10-12-20(13-11-18)26(30)32-27(2,3)4/h6-16H,5,17H2,1-4H3,(H,28,29). The van der Waals surface area contributed by atoms with Crippen LogP contribution in [0.3, 0.4) is 0 Å². The van der Waals surface area contributed by atoms with Gasteiger partial charge in [-0.25, -0.2) is 9.59 Å². The van der Waals surface area contributed by atoms with Gasteiger partial charge in [0.15, 0.2) is 0 Å². The van der Waals surface area contributed by atoms with Crippen molar-refractivity contribution in [3.8, 4) is 16.9 Å². The number of aromatic carboxylic acids is 1. The summed E-state index contributed by atoms with van der Waals surface area (Å²) in [6.07, 6.45) is 0.818. The molecular weight excluding hydrogens is 404 g/mol. The summed E-state index contributed by atoms with van der Waals surface area (Å²) in [5.41, 5.74) is 3.83. The van der Waals surface area contributed by atoms with Crippen molar-refractivity contribution in [1.29, 1.82) is 0 Å². The van der Waals surface area contributed by atoms with Crippen molar-refractivity contribution in [1.82, 2.24) is 0 Å². The summed E-state index contributed by atoms with van der Waals surface area (Å²) in [4.78, 5) is 23.7.